The highest BCUT2D eigenvalue weighted by molar-refractivity contribution is 5.72. The number of ether oxygens (including phenoxy) is 1. The molecule has 0 saturated carbocycles. The van der Waals surface area contributed by atoms with Gasteiger partial charge in [0.25, 0.3) is 0 Å². The summed E-state index contributed by atoms with van der Waals surface area (Å²) in [6.07, 6.45) is -4.73. The summed E-state index contributed by atoms with van der Waals surface area (Å²) in [7, 11) is 0. The molecule has 2 aromatic carbocycles. The molecule has 7 heteroatoms. The summed E-state index contributed by atoms with van der Waals surface area (Å²) in [6, 6.07) is 8.91. The Morgan fingerprint density at radius 1 is 1.00 bits per heavy atom. The van der Waals surface area contributed by atoms with Gasteiger partial charge in [0.15, 0.2) is 0 Å². The fourth-order valence-corrected chi connectivity index (χ4v) is 1.54. The van der Waals surface area contributed by atoms with Crippen molar-refractivity contribution in [2.75, 3.05) is 11.1 Å². The number of nitrogens with two attached hydrogens (primary N) is 1. The van der Waals surface area contributed by atoms with Crippen LogP contribution in [0.15, 0.2) is 42.5 Å². The Bertz CT molecular complexity index is 596. The lowest BCUT2D eigenvalue weighted by Crippen LogP contribution is -2.16. The predicted molar refractivity (Wildman–Crippen MR) is 67.2 cm³/mol. The van der Waals surface area contributed by atoms with Gasteiger partial charge in [0.1, 0.15) is 11.6 Å². The zero-order chi connectivity index (χ0) is 14.8. The number of anilines is 3. The van der Waals surface area contributed by atoms with Crippen molar-refractivity contribution < 1.29 is 22.3 Å². The van der Waals surface area contributed by atoms with Crippen LogP contribution in [-0.2, 0) is 0 Å². The maximum Gasteiger partial charge on any atom is 0.573 e. The Kier molecular flexibility index (Phi) is 3.69. The Balaban J connectivity index is 2.11. The number of rotatable bonds is 3. The van der Waals surface area contributed by atoms with Gasteiger partial charge in [-0.1, -0.05) is 0 Å². The van der Waals surface area contributed by atoms with Gasteiger partial charge in [-0.3, -0.25) is 0 Å². The molecule has 20 heavy (non-hydrogen) atoms. The summed E-state index contributed by atoms with van der Waals surface area (Å²) in [5, 5.41) is 2.86. The first kappa shape index (κ1) is 14.0. The minimum absolute atomic E-state index is 0.195. The van der Waals surface area contributed by atoms with Crippen molar-refractivity contribution >= 4 is 17.1 Å². The van der Waals surface area contributed by atoms with Gasteiger partial charge >= 0.3 is 6.36 Å². The van der Waals surface area contributed by atoms with E-state index in [0.29, 0.717) is 11.4 Å². The molecule has 0 saturated heterocycles. The predicted octanol–water partition coefficient (Wildman–Crippen LogP) is 4.05. The number of nitrogens with one attached hydrogen (secondary N) is 1. The Labute approximate surface area is 112 Å². The number of hydrogen-bond acceptors (Lipinski definition) is 3. The average molecular weight is 286 g/mol. The second kappa shape index (κ2) is 5.28. The van der Waals surface area contributed by atoms with Crippen molar-refractivity contribution in [3.05, 3.63) is 48.3 Å². The highest BCUT2D eigenvalue weighted by atomic mass is 19.4. The van der Waals surface area contributed by atoms with Crippen molar-refractivity contribution in [3.8, 4) is 5.75 Å². The van der Waals surface area contributed by atoms with Crippen LogP contribution in [0.3, 0.4) is 0 Å². The molecular weight excluding hydrogens is 276 g/mol. The summed E-state index contributed by atoms with van der Waals surface area (Å²) in [6.45, 7) is 0. The van der Waals surface area contributed by atoms with E-state index in [1.807, 2.05) is 0 Å². The van der Waals surface area contributed by atoms with Crippen molar-refractivity contribution in [1.82, 2.24) is 0 Å². The summed E-state index contributed by atoms with van der Waals surface area (Å²) < 4.78 is 52.6. The number of nitrogen functional groups attached to an aromatic ring is 1. The minimum Gasteiger partial charge on any atom is -0.406 e. The first-order valence-corrected chi connectivity index (χ1v) is 5.51. The molecule has 0 bridgehead atoms. The molecule has 0 aliphatic rings. The molecule has 0 fully saturated rings. The average Bonchev–Trinajstić information content (AvgIpc) is 2.33. The second-order valence-electron chi connectivity index (χ2n) is 3.93. The van der Waals surface area contributed by atoms with Crippen LogP contribution in [0.5, 0.6) is 5.75 Å². The first-order valence-electron chi connectivity index (χ1n) is 5.51. The molecule has 3 N–H and O–H groups in total. The van der Waals surface area contributed by atoms with E-state index in [1.54, 1.807) is 0 Å². The molecule has 2 aromatic rings. The van der Waals surface area contributed by atoms with E-state index in [4.69, 9.17) is 5.73 Å². The lowest BCUT2D eigenvalue weighted by atomic mass is 10.2. The van der Waals surface area contributed by atoms with Crippen LogP contribution in [0.4, 0.5) is 34.6 Å². The van der Waals surface area contributed by atoms with E-state index in [0.717, 1.165) is 18.2 Å². The molecule has 3 nitrogen and oxygen atoms in total. The summed E-state index contributed by atoms with van der Waals surface area (Å²) in [5.74, 6) is -0.794. The fourth-order valence-electron chi connectivity index (χ4n) is 1.54. The van der Waals surface area contributed by atoms with E-state index >= 15 is 0 Å². The van der Waals surface area contributed by atoms with Crippen molar-refractivity contribution in [3.63, 3.8) is 0 Å². The van der Waals surface area contributed by atoms with Crippen LogP contribution in [0.1, 0.15) is 0 Å². The van der Waals surface area contributed by atoms with E-state index in [2.05, 4.69) is 10.1 Å². The molecule has 0 radical (unpaired) electrons. The van der Waals surface area contributed by atoms with Gasteiger partial charge in [0.2, 0.25) is 0 Å². The minimum atomic E-state index is -4.73. The van der Waals surface area contributed by atoms with E-state index in [9.17, 15) is 17.6 Å². The van der Waals surface area contributed by atoms with Crippen molar-refractivity contribution in [2.45, 2.75) is 6.36 Å². The molecule has 0 atom stereocenters. The molecule has 0 spiro atoms. The van der Waals surface area contributed by atoms with Crippen molar-refractivity contribution in [1.29, 1.82) is 0 Å². The molecular formula is C13H10F4N2O. The number of hydrogen-bond donors (Lipinski definition) is 2. The monoisotopic (exact) mass is 286 g/mol. The number of halogens is 4. The third-order valence-electron chi connectivity index (χ3n) is 2.38. The zero-order valence-electron chi connectivity index (χ0n) is 10.0. The van der Waals surface area contributed by atoms with Crippen molar-refractivity contribution in [2.24, 2.45) is 0 Å². The highest BCUT2D eigenvalue weighted by Gasteiger charge is 2.30. The maximum absolute atomic E-state index is 12.9. The molecule has 0 amide bonds. The van der Waals surface area contributed by atoms with Gasteiger partial charge < -0.3 is 15.8 Å². The van der Waals surface area contributed by atoms with Gasteiger partial charge in [-0.05, 0) is 42.5 Å². The Hall–Kier alpha value is -2.44. The van der Waals surface area contributed by atoms with E-state index in [-0.39, 0.29) is 11.4 Å². The van der Waals surface area contributed by atoms with Gasteiger partial charge in [-0.2, -0.15) is 0 Å². The van der Waals surface area contributed by atoms with Gasteiger partial charge in [-0.25, -0.2) is 4.39 Å². The normalized spacial score (nSPS) is 11.2. The number of alkyl halides is 3. The standard InChI is InChI=1S/C13H10F4N2O/c14-8-1-6-12(11(18)7-8)19-9-2-4-10(5-3-9)20-13(15,16)17/h1-7,19H,18H2. The molecule has 0 aromatic heterocycles. The SMILES string of the molecule is Nc1cc(F)ccc1Nc1ccc(OC(F)(F)F)cc1. The molecule has 0 unspecified atom stereocenters. The quantitative estimate of drug-likeness (QED) is 0.661. The lowest BCUT2D eigenvalue weighted by molar-refractivity contribution is -0.274. The Morgan fingerprint density at radius 2 is 1.65 bits per heavy atom. The van der Waals surface area contributed by atoms with Crippen LogP contribution in [0.25, 0.3) is 0 Å². The largest absolute Gasteiger partial charge is 0.573 e. The van der Waals surface area contributed by atoms with Crippen LogP contribution >= 0.6 is 0 Å². The van der Waals surface area contributed by atoms with Gasteiger partial charge in [0.05, 0.1) is 11.4 Å². The van der Waals surface area contributed by atoms with Gasteiger partial charge in [-0.15, -0.1) is 13.2 Å². The van der Waals surface area contributed by atoms with E-state index < -0.39 is 12.2 Å². The maximum atomic E-state index is 12.9. The first-order chi connectivity index (χ1) is 9.33. The Morgan fingerprint density at radius 3 is 2.20 bits per heavy atom. The second-order valence-corrected chi connectivity index (χ2v) is 3.93. The zero-order valence-corrected chi connectivity index (χ0v) is 10.0. The topological polar surface area (TPSA) is 47.3 Å². The summed E-state index contributed by atoms with van der Waals surface area (Å²) in [4.78, 5) is 0. The summed E-state index contributed by atoms with van der Waals surface area (Å²) >= 11 is 0. The lowest BCUT2D eigenvalue weighted by Gasteiger charge is -2.11. The molecule has 0 heterocycles. The number of benzene rings is 2. The van der Waals surface area contributed by atoms with Gasteiger partial charge in [0, 0.05) is 5.69 Å². The van der Waals surface area contributed by atoms with Crippen LogP contribution < -0.4 is 15.8 Å². The van der Waals surface area contributed by atoms with E-state index in [1.165, 1.54) is 24.3 Å². The van der Waals surface area contributed by atoms with Crippen LogP contribution in [0.2, 0.25) is 0 Å². The summed E-state index contributed by atoms with van der Waals surface area (Å²) in [5.41, 5.74) is 6.75. The molecule has 2 rings (SSSR count). The molecule has 106 valence electrons. The van der Waals surface area contributed by atoms with Crippen LogP contribution in [-0.4, -0.2) is 6.36 Å². The fraction of sp³-hybridized carbons (Fsp3) is 0.0769. The molecule has 0 aliphatic carbocycles. The molecule has 0 aliphatic heterocycles. The highest BCUT2D eigenvalue weighted by Crippen LogP contribution is 2.27. The third-order valence-corrected chi connectivity index (χ3v) is 2.38. The third kappa shape index (κ3) is 3.78. The van der Waals surface area contributed by atoms with Crippen LogP contribution in [0, 0.1) is 5.82 Å². The smallest absolute Gasteiger partial charge is 0.406 e.